The summed E-state index contributed by atoms with van der Waals surface area (Å²) in [6.07, 6.45) is 2.15. The van der Waals surface area contributed by atoms with Crippen molar-refractivity contribution in [1.29, 1.82) is 0 Å². The molecule has 4 heteroatoms. The standard InChI is InChI=1S/C12H17NO3/c1-4-16-8(3)5-7(2)11(14)9-6-10(9)12(13)15/h5,9-10H,2,4,6H2,1,3H3,(H2,13,15)/b8-5+. The van der Waals surface area contributed by atoms with Crippen LogP contribution in [0, 0.1) is 11.8 Å². The van der Waals surface area contributed by atoms with E-state index in [0.717, 1.165) is 0 Å². The fourth-order valence-corrected chi connectivity index (χ4v) is 1.62. The zero-order valence-electron chi connectivity index (χ0n) is 9.66. The lowest BCUT2D eigenvalue weighted by molar-refractivity contribution is -0.122. The summed E-state index contributed by atoms with van der Waals surface area (Å²) in [6, 6.07) is 0. The minimum atomic E-state index is -0.406. The van der Waals surface area contributed by atoms with Crippen LogP contribution in [0.2, 0.25) is 0 Å². The molecule has 0 spiro atoms. The smallest absolute Gasteiger partial charge is 0.221 e. The number of ketones is 1. The van der Waals surface area contributed by atoms with Crippen LogP contribution in [0.25, 0.3) is 0 Å². The minimum Gasteiger partial charge on any atom is -0.499 e. The highest BCUT2D eigenvalue weighted by atomic mass is 16.5. The van der Waals surface area contributed by atoms with Crippen LogP contribution in [0.4, 0.5) is 0 Å². The van der Waals surface area contributed by atoms with E-state index in [2.05, 4.69) is 6.58 Å². The number of nitrogens with two attached hydrogens (primary N) is 1. The Hall–Kier alpha value is -1.58. The maximum Gasteiger partial charge on any atom is 0.221 e. The van der Waals surface area contributed by atoms with Gasteiger partial charge in [0.05, 0.1) is 12.4 Å². The summed E-state index contributed by atoms with van der Waals surface area (Å²) in [5.74, 6) is -0.433. The molecule has 4 nitrogen and oxygen atoms in total. The van der Waals surface area contributed by atoms with Gasteiger partial charge in [-0.2, -0.15) is 0 Å². The highest BCUT2D eigenvalue weighted by molar-refractivity contribution is 6.04. The van der Waals surface area contributed by atoms with Gasteiger partial charge in [-0.25, -0.2) is 0 Å². The van der Waals surface area contributed by atoms with E-state index in [1.165, 1.54) is 0 Å². The molecule has 1 aliphatic rings. The van der Waals surface area contributed by atoms with E-state index in [1.807, 2.05) is 6.92 Å². The Morgan fingerprint density at radius 1 is 1.50 bits per heavy atom. The number of amides is 1. The second kappa shape index (κ2) is 4.96. The monoisotopic (exact) mass is 223 g/mol. The van der Waals surface area contributed by atoms with Crippen molar-refractivity contribution in [1.82, 2.24) is 0 Å². The summed E-state index contributed by atoms with van der Waals surface area (Å²) in [5, 5.41) is 0. The largest absolute Gasteiger partial charge is 0.499 e. The predicted octanol–water partition coefficient (Wildman–Crippen LogP) is 1.17. The molecular weight excluding hydrogens is 206 g/mol. The Morgan fingerprint density at radius 2 is 2.12 bits per heavy atom. The quantitative estimate of drug-likeness (QED) is 0.417. The van der Waals surface area contributed by atoms with Gasteiger partial charge < -0.3 is 10.5 Å². The molecule has 0 radical (unpaired) electrons. The summed E-state index contributed by atoms with van der Waals surface area (Å²) in [6.45, 7) is 7.86. The zero-order chi connectivity index (χ0) is 12.3. The number of hydrogen-bond donors (Lipinski definition) is 1. The Kier molecular flexibility index (Phi) is 3.88. The molecule has 0 heterocycles. The predicted molar refractivity (Wildman–Crippen MR) is 60.3 cm³/mol. The van der Waals surface area contributed by atoms with Gasteiger partial charge in [0.1, 0.15) is 0 Å². The van der Waals surface area contributed by atoms with Crippen LogP contribution < -0.4 is 5.73 Å². The molecule has 0 aromatic heterocycles. The first kappa shape index (κ1) is 12.5. The second-order valence-electron chi connectivity index (χ2n) is 3.93. The van der Waals surface area contributed by atoms with Crippen LogP contribution in [-0.4, -0.2) is 18.3 Å². The SMILES string of the molecule is C=C(/C=C(\C)OCC)C(=O)C1CC1C(N)=O. The van der Waals surface area contributed by atoms with Gasteiger partial charge in [0.25, 0.3) is 0 Å². The van der Waals surface area contributed by atoms with E-state index in [-0.39, 0.29) is 17.6 Å². The summed E-state index contributed by atoms with van der Waals surface area (Å²) in [5.41, 5.74) is 5.49. The molecule has 1 amide bonds. The maximum atomic E-state index is 11.8. The van der Waals surface area contributed by atoms with Crippen LogP contribution >= 0.6 is 0 Å². The third-order valence-corrected chi connectivity index (χ3v) is 2.56. The lowest BCUT2D eigenvalue weighted by Crippen LogP contribution is -2.17. The molecule has 1 saturated carbocycles. The molecule has 16 heavy (non-hydrogen) atoms. The first-order valence-electron chi connectivity index (χ1n) is 5.30. The van der Waals surface area contributed by atoms with Crippen molar-refractivity contribution in [2.75, 3.05) is 6.61 Å². The number of rotatable bonds is 6. The van der Waals surface area contributed by atoms with Crippen molar-refractivity contribution in [3.63, 3.8) is 0 Å². The molecule has 2 atom stereocenters. The number of hydrogen-bond acceptors (Lipinski definition) is 3. The Labute approximate surface area is 95.1 Å². The minimum absolute atomic E-state index is 0.108. The van der Waals surface area contributed by atoms with Crippen molar-refractivity contribution >= 4 is 11.7 Å². The van der Waals surface area contributed by atoms with Gasteiger partial charge in [-0.05, 0) is 26.3 Å². The Bertz CT molecular complexity index is 357. The van der Waals surface area contributed by atoms with Crippen molar-refractivity contribution in [3.8, 4) is 0 Å². The Morgan fingerprint density at radius 3 is 2.56 bits per heavy atom. The number of Topliss-reactive ketones (excluding diaryl/α,β-unsaturated/α-hetero) is 1. The number of carbonyl (C=O) groups is 2. The Balaban J connectivity index is 2.53. The summed E-state index contributed by atoms with van der Waals surface area (Å²) in [4.78, 5) is 22.6. The van der Waals surface area contributed by atoms with E-state index in [4.69, 9.17) is 10.5 Å². The molecule has 0 aromatic carbocycles. The van der Waals surface area contributed by atoms with Crippen LogP contribution in [-0.2, 0) is 14.3 Å². The summed E-state index contributed by atoms with van der Waals surface area (Å²) >= 11 is 0. The second-order valence-corrected chi connectivity index (χ2v) is 3.93. The normalized spacial score (nSPS) is 23.8. The summed E-state index contributed by atoms with van der Waals surface area (Å²) < 4.78 is 5.19. The average molecular weight is 223 g/mol. The highest BCUT2D eigenvalue weighted by Gasteiger charge is 2.46. The lowest BCUT2D eigenvalue weighted by atomic mass is 10.1. The van der Waals surface area contributed by atoms with Crippen molar-refractivity contribution in [2.24, 2.45) is 17.6 Å². The van der Waals surface area contributed by atoms with Gasteiger partial charge in [-0.3, -0.25) is 9.59 Å². The number of ether oxygens (including phenoxy) is 1. The topological polar surface area (TPSA) is 69.4 Å². The maximum absolute atomic E-state index is 11.8. The van der Waals surface area contributed by atoms with Crippen molar-refractivity contribution in [2.45, 2.75) is 20.3 Å². The van der Waals surface area contributed by atoms with E-state index in [1.54, 1.807) is 13.0 Å². The summed E-state index contributed by atoms with van der Waals surface area (Å²) in [7, 11) is 0. The molecule has 0 saturated heterocycles. The molecule has 2 N–H and O–H groups in total. The van der Waals surface area contributed by atoms with E-state index in [9.17, 15) is 9.59 Å². The number of allylic oxidation sites excluding steroid dienone is 3. The molecule has 0 bridgehead atoms. The van der Waals surface area contributed by atoms with E-state index < -0.39 is 5.91 Å². The van der Waals surface area contributed by atoms with E-state index in [0.29, 0.717) is 24.4 Å². The van der Waals surface area contributed by atoms with Gasteiger partial charge in [0, 0.05) is 17.4 Å². The lowest BCUT2D eigenvalue weighted by Gasteiger charge is -2.03. The highest BCUT2D eigenvalue weighted by Crippen LogP contribution is 2.40. The van der Waals surface area contributed by atoms with Gasteiger partial charge in [-0.15, -0.1) is 0 Å². The fraction of sp³-hybridized carbons (Fsp3) is 0.500. The van der Waals surface area contributed by atoms with Gasteiger partial charge in [0.15, 0.2) is 5.78 Å². The van der Waals surface area contributed by atoms with Crippen molar-refractivity contribution in [3.05, 3.63) is 24.0 Å². The third-order valence-electron chi connectivity index (χ3n) is 2.56. The van der Waals surface area contributed by atoms with Crippen LogP contribution in [0.15, 0.2) is 24.0 Å². The van der Waals surface area contributed by atoms with E-state index >= 15 is 0 Å². The van der Waals surface area contributed by atoms with Gasteiger partial charge in [0.2, 0.25) is 5.91 Å². The first-order valence-corrected chi connectivity index (χ1v) is 5.30. The third kappa shape index (κ3) is 2.95. The molecule has 0 aromatic rings. The van der Waals surface area contributed by atoms with Crippen LogP contribution in [0.3, 0.4) is 0 Å². The van der Waals surface area contributed by atoms with Crippen molar-refractivity contribution < 1.29 is 14.3 Å². The molecule has 1 aliphatic carbocycles. The zero-order valence-corrected chi connectivity index (χ0v) is 9.66. The van der Waals surface area contributed by atoms with Gasteiger partial charge >= 0.3 is 0 Å². The molecule has 1 rings (SSSR count). The molecule has 2 unspecified atom stereocenters. The number of primary amides is 1. The molecule has 1 fully saturated rings. The molecule has 0 aliphatic heterocycles. The van der Waals surface area contributed by atoms with Crippen LogP contribution in [0.1, 0.15) is 20.3 Å². The van der Waals surface area contributed by atoms with Gasteiger partial charge in [-0.1, -0.05) is 6.58 Å². The molecular formula is C12H17NO3. The number of carbonyl (C=O) groups excluding carboxylic acids is 2. The molecule has 88 valence electrons. The first-order chi connectivity index (χ1) is 7.47. The fourth-order valence-electron chi connectivity index (χ4n) is 1.62. The van der Waals surface area contributed by atoms with Crippen LogP contribution in [0.5, 0.6) is 0 Å². The average Bonchev–Trinajstić information content (AvgIpc) is 2.96.